The number of fused-ring (bicyclic) bond motifs is 3. The van der Waals surface area contributed by atoms with Crippen molar-refractivity contribution in [2.45, 2.75) is 30.3 Å². The Morgan fingerprint density at radius 2 is 2.00 bits per heavy atom. The van der Waals surface area contributed by atoms with Crippen LogP contribution in [0, 0.1) is 13.8 Å². The van der Waals surface area contributed by atoms with Crippen LogP contribution in [0.25, 0.3) is 10.2 Å². The van der Waals surface area contributed by atoms with E-state index in [9.17, 15) is 4.79 Å². The van der Waals surface area contributed by atoms with Crippen molar-refractivity contribution < 1.29 is 0 Å². The molecule has 2 atom stereocenters. The molecule has 0 aliphatic carbocycles. The van der Waals surface area contributed by atoms with E-state index in [1.165, 1.54) is 10.4 Å². The van der Waals surface area contributed by atoms with Gasteiger partial charge in [-0.05, 0) is 25.0 Å². The van der Waals surface area contributed by atoms with Gasteiger partial charge in [0, 0.05) is 14.6 Å². The summed E-state index contributed by atoms with van der Waals surface area (Å²) in [7, 11) is 0. The van der Waals surface area contributed by atoms with E-state index in [4.69, 9.17) is 0 Å². The highest BCUT2D eigenvalue weighted by Gasteiger charge is 2.36. The molecule has 1 aliphatic rings. The third-order valence-corrected chi connectivity index (χ3v) is 8.36. The van der Waals surface area contributed by atoms with E-state index in [-0.39, 0.29) is 11.6 Å². The number of hydrogen-bond donors (Lipinski definition) is 0. The van der Waals surface area contributed by atoms with E-state index in [1.54, 1.807) is 23.1 Å². The van der Waals surface area contributed by atoms with Gasteiger partial charge in [-0.15, -0.1) is 11.3 Å². The molecular weight excluding hydrogens is 439 g/mol. The molecule has 0 spiro atoms. The van der Waals surface area contributed by atoms with Gasteiger partial charge in [-0.25, -0.2) is 0 Å². The summed E-state index contributed by atoms with van der Waals surface area (Å²) in [5, 5.41) is 2.06. The SMILES string of the molecule is Cc1sc2c(c1C)c(=O)nc1n2[C@@H](c2ccccc2)[C@H](CI)S1. The van der Waals surface area contributed by atoms with Gasteiger partial charge >= 0.3 is 0 Å². The van der Waals surface area contributed by atoms with Crippen LogP contribution in [0.1, 0.15) is 22.0 Å². The van der Waals surface area contributed by atoms with Crippen molar-refractivity contribution in [1.29, 1.82) is 0 Å². The molecule has 0 amide bonds. The Balaban J connectivity index is 2.05. The van der Waals surface area contributed by atoms with Crippen LogP contribution in [0.4, 0.5) is 0 Å². The van der Waals surface area contributed by atoms with Gasteiger partial charge in [-0.2, -0.15) is 4.98 Å². The van der Waals surface area contributed by atoms with Crippen molar-refractivity contribution in [3.8, 4) is 0 Å². The highest BCUT2D eigenvalue weighted by Crippen LogP contribution is 2.46. The third kappa shape index (κ3) is 2.37. The molecule has 0 unspecified atom stereocenters. The molecule has 118 valence electrons. The van der Waals surface area contributed by atoms with Crippen molar-refractivity contribution in [3.63, 3.8) is 0 Å². The fourth-order valence-electron chi connectivity index (χ4n) is 3.14. The van der Waals surface area contributed by atoms with Gasteiger partial charge < -0.3 is 4.57 Å². The first kappa shape index (κ1) is 15.7. The van der Waals surface area contributed by atoms with Gasteiger partial charge in [0.1, 0.15) is 4.83 Å². The zero-order valence-electron chi connectivity index (χ0n) is 12.7. The first-order valence-corrected chi connectivity index (χ1v) is 10.6. The molecular formula is C17H15IN2OS2. The van der Waals surface area contributed by atoms with E-state index >= 15 is 0 Å². The summed E-state index contributed by atoms with van der Waals surface area (Å²) >= 11 is 5.89. The smallest absolute Gasteiger partial charge is 0.282 e. The quantitative estimate of drug-likeness (QED) is 0.323. The number of aromatic nitrogens is 2. The van der Waals surface area contributed by atoms with Crippen LogP contribution in [0.5, 0.6) is 0 Å². The minimum absolute atomic E-state index is 0.0819. The molecule has 0 saturated heterocycles. The molecule has 0 saturated carbocycles. The second-order valence-corrected chi connectivity index (χ2v) is 8.99. The molecule has 2 aromatic heterocycles. The zero-order valence-corrected chi connectivity index (χ0v) is 16.5. The Hall–Kier alpha value is -0.860. The van der Waals surface area contributed by atoms with Crippen LogP contribution >= 0.6 is 45.7 Å². The molecule has 0 N–H and O–H groups in total. The Morgan fingerprint density at radius 3 is 2.70 bits per heavy atom. The average Bonchev–Trinajstić information content (AvgIpc) is 3.06. The maximum atomic E-state index is 12.5. The monoisotopic (exact) mass is 454 g/mol. The molecule has 3 heterocycles. The van der Waals surface area contributed by atoms with Crippen molar-refractivity contribution in [1.82, 2.24) is 9.55 Å². The number of alkyl halides is 1. The number of halogens is 1. The molecule has 6 heteroatoms. The van der Waals surface area contributed by atoms with E-state index < -0.39 is 0 Å². The third-order valence-electron chi connectivity index (χ3n) is 4.38. The van der Waals surface area contributed by atoms with Crippen LogP contribution in [0.3, 0.4) is 0 Å². The second-order valence-electron chi connectivity index (χ2n) is 5.70. The van der Waals surface area contributed by atoms with Crippen molar-refractivity contribution in [2.75, 3.05) is 4.43 Å². The molecule has 3 nitrogen and oxygen atoms in total. The predicted octanol–water partition coefficient (Wildman–Crippen LogP) is 4.57. The van der Waals surface area contributed by atoms with Crippen LogP contribution in [-0.4, -0.2) is 19.2 Å². The topological polar surface area (TPSA) is 34.9 Å². The summed E-state index contributed by atoms with van der Waals surface area (Å²) in [6.07, 6.45) is 0. The summed E-state index contributed by atoms with van der Waals surface area (Å²) in [5.74, 6) is 0. The lowest BCUT2D eigenvalue weighted by Crippen LogP contribution is -2.20. The van der Waals surface area contributed by atoms with E-state index in [1.807, 2.05) is 13.0 Å². The van der Waals surface area contributed by atoms with Crippen LogP contribution in [0.2, 0.25) is 0 Å². The number of nitrogens with zero attached hydrogens (tertiary/aromatic N) is 2. The van der Waals surface area contributed by atoms with Gasteiger partial charge in [-0.3, -0.25) is 4.79 Å². The maximum Gasteiger partial charge on any atom is 0.282 e. The van der Waals surface area contributed by atoms with Gasteiger partial charge in [0.2, 0.25) is 0 Å². The van der Waals surface area contributed by atoms with Crippen molar-refractivity contribution >= 4 is 55.9 Å². The molecule has 3 aromatic rings. The average molecular weight is 454 g/mol. The fraction of sp³-hybridized carbons (Fsp3) is 0.294. The lowest BCUT2D eigenvalue weighted by Gasteiger charge is -2.20. The highest BCUT2D eigenvalue weighted by molar-refractivity contribution is 14.1. The van der Waals surface area contributed by atoms with Gasteiger partial charge in [0.15, 0.2) is 5.16 Å². The molecule has 23 heavy (non-hydrogen) atoms. The Labute approximate surface area is 156 Å². The summed E-state index contributed by atoms with van der Waals surface area (Å²) in [6.45, 7) is 4.11. The summed E-state index contributed by atoms with van der Waals surface area (Å²) in [4.78, 5) is 19.2. The number of thiophene rings is 1. The lowest BCUT2D eigenvalue weighted by molar-refractivity contribution is 0.576. The second kappa shape index (κ2) is 5.89. The lowest BCUT2D eigenvalue weighted by atomic mass is 10.0. The van der Waals surface area contributed by atoms with Crippen LogP contribution < -0.4 is 5.56 Å². The van der Waals surface area contributed by atoms with E-state index in [2.05, 4.69) is 63.3 Å². The minimum atomic E-state index is -0.0819. The summed E-state index contributed by atoms with van der Waals surface area (Å²) < 4.78 is 3.31. The Morgan fingerprint density at radius 1 is 1.26 bits per heavy atom. The van der Waals surface area contributed by atoms with Crippen LogP contribution in [-0.2, 0) is 0 Å². The fourth-order valence-corrected chi connectivity index (χ4v) is 6.60. The number of hydrogen-bond acceptors (Lipinski definition) is 4. The number of thioether (sulfide) groups is 1. The molecule has 0 radical (unpaired) electrons. The van der Waals surface area contributed by atoms with Crippen molar-refractivity contribution in [3.05, 3.63) is 56.7 Å². The minimum Gasteiger partial charge on any atom is -0.303 e. The zero-order chi connectivity index (χ0) is 16.1. The van der Waals surface area contributed by atoms with Crippen LogP contribution in [0.15, 0.2) is 40.3 Å². The number of benzene rings is 1. The standard InChI is InChI=1S/C17H15IN2OS2/c1-9-10(2)22-16-13(9)15(21)19-17-20(16)14(12(8-18)23-17)11-6-4-3-5-7-11/h3-7,12,14H,8H2,1-2H3/t12-,14-/m0/s1. The van der Waals surface area contributed by atoms with Gasteiger partial charge in [-0.1, -0.05) is 64.7 Å². The molecule has 0 fully saturated rings. The molecule has 4 rings (SSSR count). The highest BCUT2D eigenvalue weighted by atomic mass is 127. The predicted molar refractivity (Wildman–Crippen MR) is 106 cm³/mol. The van der Waals surface area contributed by atoms with Gasteiger partial charge in [0.25, 0.3) is 5.56 Å². The normalized spacial score (nSPS) is 20.1. The van der Waals surface area contributed by atoms with E-state index in [0.717, 1.165) is 25.4 Å². The first-order valence-electron chi connectivity index (χ1n) is 7.41. The molecule has 1 aromatic carbocycles. The number of rotatable bonds is 2. The maximum absolute atomic E-state index is 12.5. The summed E-state index contributed by atoms with van der Waals surface area (Å²) in [6, 6.07) is 10.8. The van der Waals surface area contributed by atoms with Crippen molar-refractivity contribution in [2.24, 2.45) is 0 Å². The Bertz CT molecular complexity index is 949. The number of aryl methyl sites for hydroxylation is 2. The largest absolute Gasteiger partial charge is 0.303 e. The Kier molecular flexibility index (Phi) is 4.01. The van der Waals surface area contributed by atoms with E-state index in [0.29, 0.717) is 5.25 Å². The van der Waals surface area contributed by atoms with Gasteiger partial charge in [0.05, 0.1) is 11.4 Å². The molecule has 0 bridgehead atoms. The first-order chi connectivity index (χ1) is 11.1. The summed E-state index contributed by atoms with van der Waals surface area (Å²) in [5.41, 5.74) is 2.28. The molecule has 1 aliphatic heterocycles.